The van der Waals surface area contributed by atoms with Gasteiger partial charge in [-0.2, -0.15) is 0 Å². The zero-order valence-corrected chi connectivity index (χ0v) is 10.8. The van der Waals surface area contributed by atoms with Crippen LogP contribution in [0.2, 0.25) is 0 Å². The highest BCUT2D eigenvalue weighted by molar-refractivity contribution is 5.44. The fourth-order valence-electron chi connectivity index (χ4n) is 3.58. The number of likely N-dealkylation sites (tertiary alicyclic amines) is 1. The molecule has 1 aliphatic carbocycles. The van der Waals surface area contributed by atoms with Gasteiger partial charge >= 0.3 is 0 Å². The van der Waals surface area contributed by atoms with Gasteiger partial charge in [0.15, 0.2) is 0 Å². The van der Waals surface area contributed by atoms with Crippen molar-refractivity contribution >= 4 is 0 Å². The van der Waals surface area contributed by atoms with Crippen molar-refractivity contribution in [3.8, 4) is 5.75 Å². The highest BCUT2D eigenvalue weighted by Crippen LogP contribution is 2.43. The summed E-state index contributed by atoms with van der Waals surface area (Å²) in [6.45, 7) is 2.48. The van der Waals surface area contributed by atoms with Gasteiger partial charge in [0.25, 0.3) is 0 Å². The third kappa shape index (κ3) is 1.85. The Hall–Kier alpha value is -1.02. The monoisotopic (exact) mass is 231 g/mol. The molecule has 0 N–H and O–H groups in total. The van der Waals surface area contributed by atoms with Crippen LogP contribution in [0.1, 0.15) is 29.9 Å². The summed E-state index contributed by atoms with van der Waals surface area (Å²) in [7, 11) is 4.03. The summed E-state index contributed by atoms with van der Waals surface area (Å²) >= 11 is 0. The molecule has 0 aromatic heterocycles. The molecule has 1 aliphatic heterocycles. The van der Waals surface area contributed by atoms with Crippen LogP contribution in [0.25, 0.3) is 0 Å². The lowest BCUT2D eigenvalue weighted by Gasteiger charge is -2.41. The Morgan fingerprint density at radius 1 is 1.29 bits per heavy atom. The van der Waals surface area contributed by atoms with Gasteiger partial charge in [-0.15, -0.1) is 0 Å². The Morgan fingerprint density at radius 3 is 3.00 bits per heavy atom. The number of rotatable bonds is 1. The first-order chi connectivity index (χ1) is 8.29. The van der Waals surface area contributed by atoms with E-state index in [4.69, 9.17) is 4.74 Å². The predicted octanol–water partition coefficient (Wildman–Crippen LogP) is 2.68. The molecule has 3 rings (SSSR count). The summed E-state index contributed by atoms with van der Waals surface area (Å²) < 4.78 is 5.51. The fourth-order valence-corrected chi connectivity index (χ4v) is 3.58. The molecule has 0 amide bonds. The van der Waals surface area contributed by atoms with Gasteiger partial charge in [-0.3, -0.25) is 0 Å². The maximum Gasteiger partial charge on any atom is 0.122 e. The van der Waals surface area contributed by atoms with Gasteiger partial charge < -0.3 is 9.64 Å². The van der Waals surface area contributed by atoms with Crippen LogP contribution in [0.4, 0.5) is 0 Å². The Kier molecular flexibility index (Phi) is 2.83. The van der Waals surface area contributed by atoms with Crippen molar-refractivity contribution in [2.45, 2.75) is 25.2 Å². The minimum absolute atomic E-state index is 0.729. The summed E-state index contributed by atoms with van der Waals surface area (Å²) in [6.07, 6.45) is 3.90. The van der Waals surface area contributed by atoms with Crippen molar-refractivity contribution in [1.29, 1.82) is 0 Å². The summed E-state index contributed by atoms with van der Waals surface area (Å²) in [6, 6.07) is 6.56. The van der Waals surface area contributed by atoms with Crippen molar-refractivity contribution in [2.75, 3.05) is 27.2 Å². The molecule has 2 heteroatoms. The Bertz CT molecular complexity index is 415. The molecule has 1 fully saturated rings. The van der Waals surface area contributed by atoms with Crippen molar-refractivity contribution in [1.82, 2.24) is 4.90 Å². The molecule has 92 valence electrons. The second-order valence-electron chi connectivity index (χ2n) is 5.48. The second-order valence-corrected chi connectivity index (χ2v) is 5.48. The summed E-state index contributed by atoms with van der Waals surface area (Å²) in [5, 5.41) is 0. The average Bonchev–Trinajstić information content (AvgIpc) is 2.37. The van der Waals surface area contributed by atoms with Gasteiger partial charge in [0, 0.05) is 6.54 Å². The molecule has 17 heavy (non-hydrogen) atoms. The molecule has 2 aliphatic rings. The molecule has 0 unspecified atom stereocenters. The SMILES string of the molecule is COc1cccc2c1CC[C@H]1CCN(C)C[C@H]21. The minimum atomic E-state index is 0.729. The molecule has 1 aromatic rings. The number of hydrogen-bond acceptors (Lipinski definition) is 2. The second kappa shape index (κ2) is 4.34. The lowest BCUT2D eigenvalue weighted by Crippen LogP contribution is -2.39. The van der Waals surface area contributed by atoms with Crippen LogP contribution in [0.15, 0.2) is 18.2 Å². The van der Waals surface area contributed by atoms with Crippen molar-refractivity contribution in [3.63, 3.8) is 0 Å². The van der Waals surface area contributed by atoms with Crippen LogP contribution in [0.3, 0.4) is 0 Å². The third-order valence-electron chi connectivity index (χ3n) is 4.51. The highest BCUT2D eigenvalue weighted by Gasteiger charge is 2.34. The number of ether oxygens (including phenoxy) is 1. The van der Waals surface area contributed by atoms with Crippen LogP contribution < -0.4 is 4.74 Å². The third-order valence-corrected chi connectivity index (χ3v) is 4.51. The van der Waals surface area contributed by atoms with Gasteiger partial charge in [-0.1, -0.05) is 12.1 Å². The topological polar surface area (TPSA) is 12.5 Å². The largest absolute Gasteiger partial charge is 0.496 e. The predicted molar refractivity (Wildman–Crippen MR) is 69.7 cm³/mol. The fraction of sp³-hybridized carbons (Fsp3) is 0.600. The standard InChI is InChI=1S/C15H21NO/c1-16-9-8-11-6-7-13-12(14(11)10-16)4-3-5-15(13)17-2/h3-5,11,14H,6-10H2,1-2H3/t11-,14-/m0/s1. The number of nitrogens with zero attached hydrogens (tertiary/aromatic N) is 1. The van der Waals surface area contributed by atoms with Gasteiger partial charge in [-0.25, -0.2) is 0 Å². The van der Waals surface area contributed by atoms with Crippen LogP contribution in [-0.4, -0.2) is 32.1 Å². The van der Waals surface area contributed by atoms with Crippen LogP contribution in [-0.2, 0) is 6.42 Å². The van der Waals surface area contributed by atoms with E-state index >= 15 is 0 Å². The van der Waals surface area contributed by atoms with Crippen molar-refractivity contribution in [3.05, 3.63) is 29.3 Å². The lowest BCUT2D eigenvalue weighted by atomic mass is 9.71. The maximum atomic E-state index is 5.51. The Balaban J connectivity index is 1.99. The lowest BCUT2D eigenvalue weighted by molar-refractivity contribution is 0.173. The maximum absolute atomic E-state index is 5.51. The first-order valence-electron chi connectivity index (χ1n) is 6.64. The molecule has 0 spiro atoms. The normalized spacial score (nSPS) is 28.4. The molecule has 0 bridgehead atoms. The summed E-state index contributed by atoms with van der Waals surface area (Å²) in [4.78, 5) is 2.47. The van der Waals surface area contributed by atoms with Gasteiger partial charge in [-0.05, 0) is 61.9 Å². The Morgan fingerprint density at radius 2 is 2.18 bits per heavy atom. The number of piperidine rings is 1. The number of hydrogen-bond donors (Lipinski definition) is 0. The van der Waals surface area contributed by atoms with E-state index in [9.17, 15) is 0 Å². The first-order valence-corrected chi connectivity index (χ1v) is 6.64. The summed E-state index contributed by atoms with van der Waals surface area (Å²) in [5.41, 5.74) is 3.01. The number of likely N-dealkylation sites (N-methyl/N-ethyl adjacent to an activating group) is 1. The minimum Gasteiger partial charge on any atom is -0.496 e. The van der Waals surface area contributed by atoms with Crippen molar-refractivity contribution in [2.24, 2.45) is 5.92 Å². The van der Waals surface area contributed by atoms with Crippen molar-refractivity contribution < 1.29 is 4.74 Å². The van der Waals surface area contributed by atoms with E-state index in [0.29, 0.717) is 0 Å². The molecule has 2 nitrogen and oxygen atoms in total. The molecule has 0 saturated carbocycles. The van der Waals surface area contributed by atoms with Gasteiger partial charge in [0.05, 0.1) is 7.11 Å². The Labute approximate surface area is 104 Å². The molecule has 1 heterocycles. The molecular weight excluding hydrogens is 210 g/mol. The van der Waals surface area contributed by atoms with Gasteiger partial charge in [0.2, 0.25) is 0 Å². The molecule has 1 aromatic carbocycles. The van der Waals surface area contributed by atoms with E-state index in [0.717, 1.165) is 17.6 Å². The zero-order chi connectivity index (χ0) is 11.8. The van der Waals surface area contributed by atoms with E-state index < -0.39 is 0 Å². The van der Waals surface area contributed by atoms with E-state index in [2.05, 4.69) is 30.1 Å². The van der Waals surface area contributed by atoms with Crippen LogP contribution in [0, 0.1) is 5.92 Å². The zero-order valence-electron chi connectivity index (χ0n) is 10.8. The number of fused-ring (bicyclic) bond motifs is 3. The summed E-state index contributed by atoms with van der Waals surface area (Å²) in [5.74, 6) is 2.72. The molecule has 1 saturated heterocycles. The van der Waals surface area contributed by atoms with E-state index in [1.807, 2.05) is 0 Å². The highest BCUT2D eigenvalue weighted by atomic mass is 16.5. The average molecular weight is 231 g/mol. The van der Waals surface area contributed by atoms with E-state index in [1.54, 1.807) is 12.7 Å². The number of benzene rings is 1. The van der Waals surface area contributed by atoms with Gasteiger partial charge in [0.1, 0.15) is 5.75 Å². The molecular formula is C15H21NO. The molecule has 0 radical (unpaired) electrons. The first kappa shape index (κ1) is 11.1. The smallest absolute Gasteiger partial charge is 0.122 e. The molecule has 2 atom stereocenters. The quantitative estimate of drug-likeness (QED) is 0.737. The van der Waals surface area contributed by atoms with E-state index in [-0.39, 0.29) is 0 Å². The van der Waals surface area contributed by atoms with Crippen LogP contribution >= 0.6 is 0 Å². The number of methoxy groups -OCH3 is 1. The van der Waals surface area contributed by atoms with E-state index in [1.165, 1.54) is 37.9 Å². The van der Waals surface area contributed by atoms with Crippen LogP contribution in [0.5, 0.6) is 5.75 Å².